The van der Waals surface area contributed by atoms with E-state index in [2.05, 4.69) is 26.6 Å². The molecule has 0 aromatic rings. The van der Waals surface area contributed by atoms with Crippen LogP contribution >= 0.6 is 0 Å². The lowest BCUT2D eigenvalue weighted by Gasteiger charge is -2.39. The molecule has 0 aromatic carbocycles. The van der Waals surface area contributed by atoms with Crippen LogP contribution in [0.25, 0.3) is 0 Å². The maximum absolute atomic E-state index is 11.7. The molecule has 0 spiro atoms. The molecule has 0 rings (SSSR count). The maximum Gasteiger partial charge on any atom is 0.322 e. The van der Waals surface area contributed by atoms with E-state index in [0.29, 0.717) is 19.1 Å². The first-order valence-electron chi connectivity index (χ1n) is 8.10. The SMILES string of the molecule is CCC[Si](C)(C)O[Si](C)(CCC(=O)OCC)O[Si](C)(C)OC. The maximum atomic E-state index is 11.7. The Morgan fingerprint density at radius 2 is 1.55 bits per heavy atom. The Morgan fingerprint density at radius 3 is 2.00 bits per heavy atom. The molecule has 0 amide bonds. The summed E-state index contributed by atoms with van der Waals surface area (Å²) in [7, 11) is -4.80. The van der Waals surface area contributed by atoms with Crippen LogP contribution in [0.1, 0.15) is 26.7 Å². The highest BCUT2D eigenvalue weighted by molar-refractivity contribution is 6.87. The Kier molecular flexibility index (Phi) is 9.33. The van der Waals surface area contributed by atoms with Crippen molar-refractivity contribution in [2.75, 3.05) is 13.7 Å². The van der Waals surface area contributed by atoms with Gasteiger partial charge in [-0.15, -0.1) is 0 Å². The second-order valence-electron chi connectivity index (χ2n) is 6.76. The Bertz CT molecular complexity index is 349. The van der Waals surface area contributed by atoms with E-state index in [4.69, 9.17) is 17.4 Å². The van der Waals surface area contributed by atoms with E-state index >= 15 is 0 Å². The molecule has 0 heterocycles. The number of carbonyl (C=O) groups is 1. The van der Waals surface area contributed by atoms with Gasteiger partial charge in [0.05, 0.1) is 6.61 Å². The lowest BCUT2D eigenvalue weighted by molar-refractivity contribution is -0.142. The molecule has 5 nitrogen and oxygen atoms in total. The number of carbonyl (C=O) groups excluding carboxylic acids is 1. The molecule has 1 unspecified atom stereocenters. The average molecular weight is 367 g/mol. The molecule has 1 atom stereocenters. The van der Waals surface area contributed by atoms with Gasteiger partial charge in [0.15, 0.2) is 8.32 Å². The third kappa shape index (κ3) is 9.21. The van der Waals surface area contributed by atoms with Gasteiger partial charge in [-0.05, 0) is 51.7 Å². The van der Waals surface area contributed by atoms with Crippen LogP contribution in [-0.4, -0.2) is 45.1 Å². The Labute approximate surface area is 139 Å². The fourth-order valence-electron chi connectivity index (χ4n) is 2.48. The zero-order valence-electron chi connectivity index (χ0n) is 15.6. The van der Waals surface area contributed by atoms with Gasteiger partial charge in [-0.25, -0.2) is 0 Å². The first-order chi connectivity index (χ1) is 9.99. The third-order valence-electron chi connectivity index (χ3n) is 3.39. The summed E-state index contributed by atoms with van der Waals surface area (Å²) in [6, 6.07) is 1.71. The molecule has 0 saturated heterocycles. The summed E-state index contributed by atoms with van der Waals surface area (Å²) in [5.74, 6) is -0.180. The Balaban J connectivity index is 5.00. The monoisotopic (exact) mass is 366 g/mol. The van der Waals surface area contributed by atoms with Crippen LogP contribution in [0.5, 0.6) is 0 Å². The molecule has 0 N–H and O–H groups in total. The minimum absolute atomic E-state index is 0.180. The van der Waals surface area contributed by atoms with E-state index in [1.54, 1.807) is 7.11 Å². The standard InChI is InChI=1S/C14H34O5Si3/c1-9-12-20(4,5)18-22(8,19-21(6,7)16-3)13-11-14(15)17-10-2/h9-13H2,1-8H3. The lowest BCUT2D eigenvalue weighted by Crippen LogP contribution is -2.55. The predicted molar refractivity (Wildman–Crippen MR) is 96.9 cm³/mol. The summed E-state index contributed by atoms with van der Waals surface area (Å²) in [6.45, 7) is 14.9. The van der Waals surface area contributed by atoms with Crippen molar-refractivity contribution in [1.29, 1.82) is 0 Å². The normalized spacial score (nSPS) is 15.5. The van der Waals surface area contributed by atoms with Crippen molar-refractivity contribution in [3.05, 3.63) is 0 Å². The molecule has 8 heteroatoms. The van der Waals surface area contributed by atoms with Crippen LogP contribution in [-0.2, 0) is 22.2 Å². The summed E-state index contributed by atoms with van der Waals surface area (Å²) in [6.07, 6.45) is 1.45. The molecule has 0 saturated carbocycles. The summed E-state index contributed by atoms with van der Waals surface area (Å²) in [5.41, 5.74) is 0. The smallest absolute Gasteiger partial charge is 0.322 e. The molecule has 0 aliphatic rings. The van der Waals surface area contributed by atoms with Gasteiger partial charge in [0.1, 0.15) is 0 Å². The summed E-state index contributed by atoms with van der Waals surface area (Å²) < 4.78 is 23.4. The molecule has 132 valence electrons. The highest BCUT2D eigenvalue weighted by Gasteiger charge is 2.43. The molecular formula is C14H34O5Si3. The van der Waals surface area contributed by atoms with Crippen LogP contribution < -0.4 is 0 Å². The van der Waals surface area contributed by atoms with Gasteiger partial charge in [0, 0.05) is 13.5 Å². The van der Waals surface area contributed by atoms with Gasteiger partial charge in [-0.3, -0.25) is 4.79 Å². The first kappa shape index (κ1) is 22.0. The minimum Gasteiger partial charge on any atom is -0.466 e. The van der Waals surface area contributed by atoms with Crippen LogP contribution in [0.3, 0.4) is 0 Å². The Hall–Kier alpha value is 0.000649. The molecular weight excluding hydrogens is 332 g/mol. The largest absolute Gasteiger partial charge is 0.466 e. The van der Waals surface area contributed by atoms with Crippen LogP contribution in [0, 0.1) is 0 Å². The predicted octanol–water partition coefficient (Wildman–Crippen LogP) is 4.01. The van der Waals surface area contributed by atoms with Crippen molar-refractivity contribution in [3.63, 3.8) is 0 Å². The van der Waals surface area contributed by atoms with Crippen LogP contribution in [0.15, 0.2) is 0 Å². The summed E-state index contributed by atoms with van der Waals surface area (Å²) in [5, 5.41) is 0. The summed E-state index contributed by atoms with van der Waals surface area (Å²) >= 11 is 0. The molecule has 22 heavy (non-hydrogen) atoms. The molecule has 0 bridgehead atoms. The van der Waals surface area contributed by atoms with Crippen molar-refractivity contribution in [1.82, 2.24) is 0 Å². The van der Waals surface area contributed by atoms with Gasteiger partial charge in [-0.2, -0.15) is 0 Å². The van der Waals surface area contributed by atoms with Gasteiger partial charge in [0.25, 0.3) is 0 Å². The van der Waals surface area contributed by atoms with E-state index in [9.17, 15) is 4.79 Å². The fraction of sp³-hybridized carbons (Fsp3) is 0.929. The number of hydrogen-bond acceptors (Lipinski definition) is 5. The highest BCUT2D eigenvalue weighted by atomic mass is 28.5. The summed E-state index contributed by atoms with van der Waals surface area (Å²) in [4.78, 5) is 11.7. The molecule has 0 aliphatic heterocycles. The zero-order valence-corrected chi connectivity index (χ0v) is 18.6. The molecule has 0 aliphatic carbocycles. The van der Waals surface area contributed by atoms with Crippen LogP contribution in [0.4, 0.5) is 0 Å². The second kappa shape index (κ2) is 9.33. The van der Waals surface area contributed by atoms with E-state index in [0.717, 1.165) is 12.5 Å². The van der Waals surface area contributed by atoms with E-state index in [-0.39, 0.29) is 5.97 Å². The molecule has 0 radical (unpaired) electrons. The van der Waals surface area contributed by atoms with Crippen molar-refractivity contribution >= 4 is 31.4 Å². The van der Waals surface area contributed by atoms with E-state index < -0.39 is 25.4 Å². The van der Waals surface area contributed by atoms with Gasteiger partial charge in [-0.1, -0.05) is 13.3 Å². The first-order valence-corrected chi connectivity index (χ1v) is 16.6. The molecule has 0 aromatic heterocycles. The van der Waals surface area contributed by atoms with Gasteiger partial charge in [0.2, 0.25) is 0 Å². The zero-order chi connectivity index (χ0) is 17.4. The number of hydrogen-bond donors (Lipinski definition) is 0. The van der Waals surface area contributed by atoms with Crippen molar-refractivity contribution in [2.24, 2.45) is 0 Å². The second-order valence-corrected chi connectivity index (χ2v) is 18.4. The van der Waals surface area contributed by atoms with Gasteiger partial charge >= 0.3 is 23.1 Å². The number of rotatable bonds is 11. The minimum atomic E-state index is -2.47. The van der Waals surface area contributed by atoms with Crippen molar-refractivity contribution in [2.45, 2.75) is 71.5 Å². The topological polar surface area (TPSA) is 54.0 Å². The Morgan fingerprint density at radius 1 is 0.955 bits per heavy atom. The van der Waals surface area contributed by atoms with Gasteiger partial charge < -0.3 is 17.4 Å². The fourth-order valence-corrected chi connectivity index (χ4v) is 15.3. The van der Waals surface area contributed by atoms with E-state index in [1.807, 2.05) is 20.0 Å². The number of ether oxygens (including phenoxy) is 1. The average Bonchev–Trinajstić information content (AvgIpc) is 2.35. The highest BCUT2D eigenvalue weighted by Crippen LogP contribution is 2.28. The van der Waals surface area contributed by atoms with Crippen molar-refractivity contribution in [3.8, 4) is 0 Å². The van der Waals surface area contributed by atoms with Crippen LogP contribution in [0.2, 0.25) is 44.8 Å². The van der Waals surface area contributed by atoms with Crippen molar-refractivity contribution < 1.29 is 22.2 Å². The lowest BCUT2D eigenvalue weighted by atomic mass is 10.5. The number of esters is 1. The third-order valence-corrected chi connectivity index (χ3v) is 14.9. The molecule has 0 fully saturated rings. The quantitative estimate of drug-likeness (QED) is 0.408. The van der Waals surface area contributed by atoms with E-state index in [1.165, 1.54) is 0 Å².